The van der Waals surface area contributed by atoms with Gasteiger partial charge in [-0.15, -0.1) is 11.3 Å². The van der Waals surface area contributed by atoms with Gasteiger partial charge in [0, 0.05) is 17.4 Å². The van der Waals surface area contributed by atoms with Crippen LogP contribution in [0.1, 0.15) is 26.0 Å². The first-order chi connectivity index (χ1) is 13.4. The van der Waals surface area contributed by atoms with Crippen molar-refractivity contribution in [3.05, 3.63) is 45.7 Å². The molecule has 0 spiro atoms. The molecule has 1 atom stereocenters. The zero-order valence-electron chi connectivity index (χ0n) is 15.7. The van der Waals surface area contributed by atoms with Crippen LogP contribution >= 0.6 is 11.3 Å². The summed E-state index contributed by atoms with van der Waals surface area (Å²) in [4.78, 5) is 35.1. The Labute approximate surface area is 164 Å². The Morgan fingerprint density at radius 3 is 2.89 bits per heavy atom. The molecule has 1 aromatic carbocycles. The van der Waals surface area contributed by atoms with Crippen molar-refractivity contribution in [2.45, 2.75) is 33.3 Å². The lowest BCUT2D eigenvalue weighted by Gasteiger charge is -2.13. The number of anilines is 1. The maximum absolute atomic E-state index is 12.6. The van der Waals surface area contributed by atoms with Gasteiger partial charge in [0.05, 0.1) is 17.1 Å². The summed E-state index contributed by atoms with van der Waals surface area (Å²) in [5.74, 6) is -0.0892. The Morgan fingerprint density at radius 1 is 1.36 bits per heavy atom. The quantitative estimate of drug-likeness (QED) is 0.730. The van der Waals surface area contributed by atoms with E-state index >= 15 is 0 Å². The maximum atomic E-state index is 12.6. The third kappa shape index (κ3) is 3.29. The van der Waals surface area contributed by atoms with Crippen LogP contribution in [0.25, 0.3) is 16.2 Å². The third-order valence-corrected chi connectivity index (χ3v) is 5.47. The average Bonchev–Trinajstić information content (AvgIpc) is 3.29. The second kappa shape index (κ2) is 7.16. The van der Waals surface area contributed by atoms with Gasteiger partial charge < -0.3 is 10.2 Å². The number of amides is 1. The van der Waals surface area contributed by atoms with Crippen molar-refractivity contribution >= 4 is 33.6 Å². The van der Waals surface area contributed by atoms with E-state index in [2.05, 4.69) is 20.6 Å². The first-order valence-corrected chi connectivity index (χ1v) is 9.80. The van der Waals surface area contributed by atoms with E-state index in [0.717, 1.165) is 11.4 Å². The summed E-state index contributed by atoms with van der Waals surface area (Å²) in [5.41, 5.74) is 2.47. The number of aromatic nitrogens is 3. The smallest absolute Gasteiger partial charge is 0.300 e. The molecular formula is C19H19N5O3S. The Balaban J connectivity index is 1.65. The highest BCUT2D eigenvalue weighted by molar-refractivity contribution is 7.15. The number of aryl methyl sites for hydroxylation is 1. The molecule has 2 aromatic heterocycles. The highest BCUT2D eigenvalue weighted by Gasteiger charge is 2.30. The number of hydrogen-bond donors (Lipinski definition) is 1. The Bertz CT molecular complexity index is 1150. The molecule has 4 rings (SSSR count). The van der Waals surface area contributed by atoms with Crippen LogP contribution in [0.3, 0.4) is 0 Å². The maximum Gasteiger partial charge on any atom is 0.300 e. The molecule has 0 bridgehead atoms. The van der Waals surface area contributed by atoms with Crippen molar-refractivity contribution in [1.82, 2.24) is 14.6 Å². The summed E-state index contributed by atoms with van der Waals surface area (Å²) in [7, 11) is 0. The average molecular weight is 397 g/mol. The van der Waals surface area contributed by atoms with Gasteiger partial charge in [0.1, 0.15) is 0 Å². The van der Waals surface area contributed by atoms with Gasteiger partial charge in [0.2, 0.25) is 11.1 Å². The van der Waals surface area contributed by atoms with Gasteiger partial charge in [0.25, 0.3) is 5.91 Å². The lowest BCUT2D eigenvalue weighted by atomic mass is 10.0. The molecule has 0 aliphatic carbocycles. The van der Waals surface area contributed by atoms with Crippen molar-refractivity contribution in [2.24, 2.45) is 11.1 Å². The number of carbonyl (C=O) groups is 1. The minimum atomic E-state index is -0.681. The summed E-state index contributed by atoms with van der Waals surface area (Å²) < 4.78 is 1.63. The molecule has 0 fully saturated rings. The number of benzene rings is 1. The normalized spacial score (nSPS) is 16.3. The van der Waals surface area contributed by atoms with Crippen molar-refractivity contribution in [3.63, 3.8) is 0 Å². The molecule has 1 N–H and O–H groups in total. The predicted octanol–water partition coefficient (Wildman–Crippen LogP) is 2.87. The monoisotopic (exact) mass is 397 g/mol. The van der Waals surface area contributed by atoms with E-state index in [1.807, 2.05) is 26.2 Å². The standard InChI is InChI=1S/C19H19N5O3S/c1-10(2)14-8-15(27-23-14)17(25)20-13-7-5-4-6-12(13)16-18(26)21-19-24(22-16)11(3)9-28-19/h4-7,9-10,15H,8H2,1-3H3,(H,20,25)/t15-/m1/s1. The minimum Gasteiger partial charge on any atom is -0.382 e. The molecule has 1 aliphatic rings. The molecule has 0 radical (unpaired) electrons. The van der Waals surface area contributed by atoms with Crippen LogP contribution in [0.2, 0.25) is 0 Å². The van der Waals surface area contributed by atoms with Crippen LogP contribution < -0.4 is 10.9 Å². The number of hydrogen-bond acceptors (Lipinski definition) is 7. The second-order valence-electron chi connectivity index (χ2n) is 6.91. The lowest BCUT2D eigenvalue weighted by molar-refractivity contribution is -0.125. The summed E-state index contributed by atoms with van der Waals surface area (Å²) in [5, 5.41) is 13.2. The van der Waals surface area contributed by atoms with E-state index in [4.69, 9.17) is 4.84 Å². The number of nitrogens with zero attached hydrogens (tertiary/aromatic N) is 4. The van der Waals surface area contributed by atoms with Gasteiger partial charge in [-0.25, -0.2) is 4.52 Å². The van der Waals surface area contributed by atoms with E-state index < -0.39 is 11.7 Å². The number of oxime groups is 1. The number of nitrogens with one attached hydrogen (secondary N) is 1. The molecule has 3 aromatic rings. The molecule has 1 aliphatic heterocycles. The molecule has 0 saturated heterocycles. The Morgan fingerprint density at radius 2 is 2.14 bits per heavy atom. The molecule has 0 unspecified atom stereocenters. The summed E-state index contributed by atoms with van der Waals surface area (Å²) in [6.07, 6.45) is -0.229. The van der Waals surface area contributed by atoms with Gasteiger partial charge in [-0.2, -0.15) is 10.1 Å². The zero-order valence-corrected chi connectivity index (χ0v) is 16.5. The summed E-state index contributed by atoms with van der Waals surface area (Å²) >= 11 is 1.36. The Hall–Kier alpha value is -3.07. The van der Waals surface area contributed by atoms with Gasteiger partial charge in [-0.1, -0.05) is 37.2 Å². The minimum absolute atomic E-state index is 0.182. The molecule has 144 valence electrons. The van der Waals surface area contributed by atoms with Gasteiger partial charge in [-0.05, 0) is 18.9 Å². The highest BCUT2D eigenvalue weighted by atomic mass is 32.1. The third-order valence-electron chi connectivity index (χ3n) is 4.54. The highest BCUT2D eigenvalue weighted by Crippen LogP contribution is 2.26. The Kier molecular flexibility index (Phi) is 4.68. The van der Waals surface area contributed by atoms with E-state index in [0.29, 0.717) is 22.6 Å². The van der Waals surface area contributed by atoms with E-state index in [1.54, 1.807) is 28.8 Å². The van der Waals surface area contributed by atoms with Crippen LogP contribution in [0.15, 0.2) is 39.6 Å². The summed E-state index contributed by atoms with van der Waals surface area (Å²) in [6.45, 7) is 5.91. The van der Waals surface area contributed by atoms with Crippen molar-refractivity contribution in [2.75, 3.05) is 5.32 Å². The van der Waals surface area contributed by atoms with Crippen molar-refractivity contribution in [3.8, 4) is 11.3 Å². The van der Waals surface area contributed by atoms with E-state index in [-0.39, 0.29) is 17.5 Å². The van der Waals surface area contributed by atoms with Crippen LogP contribution in [0.5, 0.6) is 0 Å². The van der Waals surface area contributed by atoms with E-state index in [1.165, 1.54) is 11.3 Å². The molecule has 1 amide bonds. The fraction of sp³-hybridized carbons (Fsp3) is 0.316. The number of carbonyl (C=O) groups excluding carboxylic acids is 1. The van der Waals surface area contributed by atoms with Gasteiger partial charge in [0.15, 0.2) is 5.69 Å². The molecular weight excluding hydrogens is 378 g/mol. The first-order valence-electron chi connectivity index (χ1n) is 8.92. The van der Waals surface area contributed by atoms with E-state index in [9.17, 15) is 9.59 Å². The van der Waals surface area contributed by atoms with Crippen molar-refractivity contribution in [1.29, 1.82) is 0 Å². The molecule has 8 nitrogen and oxygen atoms in total. The van der Waals surface area contributed by atoms with Crippen LogP contribution in [0.4, 0.5) is 5.69 Å². The molecule has 28 heavy (non-hydrogen) atoms. The molecule has 3 heterocycles. The van der Waals surface area contributed by atoms with Crippen molar-refractivity contribution < 1.29 is 9.63 Å². The predicted molar refractivity (Wildman–Crippen MR) is 108 cm³/mol. The number of thiazole rings is 1. The molecule has 9 heteroatoms. The van der Waals surface area contributed by atoms with Crippen LogP contribution in [0, 0.1) is 12.8 Å². The fourth-order valence-corrected chi connectivity index (χ4v) is 3.72. The topological polar surface area (TPSA) is 98.0 Å². The van der Waals surface area contributed by atoms with Crippen LogP contribution in [-0.4, -0.2) is 32.3 Å². The summed E-state index contributed by atoms with van der Waals surface area (Å²) in [6, 6.07) is 7.03. The number of rotatable bonds is 4. The van der Waals surface area contributed by atoms with Gasteiger partial charge in [-0.3, -0.25) is 9.59 Å². The van der Waals surface area contributed by atoms with Gasteiger partial charge >= 0.3 is 5.56 Å². The molecule has 0 saturated carbocycles. The van der Waals surface area contributed by atoms with Crippen LogP contribution in [-0.2, 0) is 9.63 Å². The fourth-order valence-electron chi connectivity index (χ4n) is 2.93. The number of para-hydroxylation sites is 1. The second-order valence-corrected chi connectivity index (χ2v) is 7.74. The number of fused-ring (bicyclic) bond motifs is 1. The lowest BCUT2D eigenvalue weighted by Crippen LogP contribution is -2.29. The zero-order chi connectivity index (χ0) is 19.8. The first kappa shape index (κ1) is 18.3. The SMILES string of the molecule is Cc1csc2nc(=O)c(-c3ccccc3NC(=O)[C@H]3CC(C(C)C)=NO3)nn12. The largest absolute Gasteiger partial charge is 0.382 e.